The number of allylic oxidation sites excluding steroid dienone is 3. The van der Waals surface area contributed by atoms with E-state index in [1.54, 1.807) is 7.11 Å². The molecule has 0 N–H and O–H groups in total. The molecule has 0 bridgehead atoms. The molecule has 0 unspecified atom stereocenters. The lowest BCUT2D eigenvalue weighted by Gasteiger charge is -2.32. The zero-order valence-electron chi connectivity index (χ0n) is 15.4. The van der Waals surface area contributed by atoms with Gasteiger partial charge in [0.25, 0.3) is 0 Å². The van der Waals surface area contributed by atoms with Crippen molar-refractivity contribution in [3.05, 3.63) is 23.4 Å². The van der Waals surface area contributed by atoms with Gasteiger partial charge in [-0.2, -0.15) is 0 Å². The van der Waals surface area contributed by atoms with E-state index in [9.17, 15) is 4.79 Å². The van der Waals surface area contributed by atoms with Crippen LogP contribution in [0.5, 0.6) is 0 Å². The van der Waals surface area contributed by atoms with Gasteiger partial charge in [-0.3, -0.25) is 4.79 Å². The van der Waals surface area contributed by atoms with Crippen molar-refractivity contribution in [2.75, 3.05) is 14.2 Å². The normalized spacial score (nSPS) is 20.6. The molecule has 1 aliphatic rings. The summed E-state index contributed by atoms with van der Waals surface area (Å²) in [6.45, 7) is 10.1. The van der Waals surface area contributed by atoms with Gasteiger partial charge in [0.1, 0.15) is 5.76 Å². The molecule has 0 aliphatic carbocycles. The first-order chi connectivity index (χ1) is 10.7. The van der Waals surface area contributed by atoms with Crippen LogP contribution in [0.4, 0.5) is 0 Å². The van der Waals surface area contributed by atoms with E-state index < -0.39 is 18.3 Å². The molecule has 1 aliphatic heterocycles. The largest absolute Gasteiger partial charge is 0.498 e. The third-order valence-corrected chi connectivity index (χ3v) is 4.34. The van der Waals surface area contributed by atoms with Crippen LogP contribution in [0.1, 0.15) is 53.9 Å². The lowest BCUT2D eigenvalue weighted by atomic mass is 9.75. The second kappa shape index (κ2) is 8.02. The van der Waals surface area contributed by atoms with Crippen LogP contribution in [0.3, 0.4) is 0 Å². The molecule has 1 rings (SSSR count). The number of rotatable bonds is 7. The number of carbonyl (C=O) groups excluding carboxylic acids is 1. The van der Waals surface area contributed by atoms with Crippen molar-refractivity contribution in [1.82, 2.24) is 0 Å². The summed E-state index contributed by atoms with van der Waals surface area (Å²) >= 11 is 0. The minimum Gasteiger partial charge on any atom is -0.497 e. The molecule has 0 atom stereocenters. The van der Waals surface area contributed by atoms with Crippen molar-refractivity contribution in [1.29, 1.82) is 0 Å². The van der Waals surface area contributed by atoms with E-state index in [0.717, 1.165) is 17.7 Å². The van der Waals surface area contributed by atoms with Gasteiger partial charge in [-0.1, -0.05) is 13.0 Å². The highest BCUT2D eigenvalue weighted by Crippen LogP contribution is 2.40. The molecule has 0 aromatic rings. The fourth-order valence-corrected chi connectivity index (χ4v) is 2.24. The highest BCUT2D eigenvalue weighted by molar-refractivity contribution is 6.56. The van der Waals surface area contributed by atoms with Gasteiger partial charge in [-0.25, -0.2) is 0 Å². The Morgan fingerprint density at radius 2 is 1.61 bits per heavy atom. The van der Waals surface area contributed by atoms with Gasteiger partial charge in [0.2, 0.25) is 0 Å². The summed E-state index contributed by atoms with van der Waals surface area (Å²) < 4.78 is 22.4. The van der Waals surface area contributed by atoms with Crippen LogP contribution in [0.2, 0.25) is 0 Å². The maximum atomic E-state index is 11.3. The monoisotopic (exact) mass is 324 g/mol. The summed E-state index contributed by atoms with van der Waals surface area (Å²) in [5.41, 5.74) is -0.0363. The Kier molecular flexibility index (Phi) is 6.90. The average Bonchev–Trinajstić information content (AvgIpc) is 2.69. The number of hydrogen-bond donors (Lipinski definition) is 0. The van der Waals surface area contributed by atoms with Gasteiger partial charge in [0.15, 0.2) is 0 Å². The maximum absolute atomic E-state index is 11.3. The van der Waals surface area contributed by atoms with Crippen molar-refractivity contribution in [3.8, 4) is 0 Å². The highest BCUT2D eigenvalue weighted by Gasteiger charge is 2.53. The number of ether oxygens (including phenoxy) is 2. The van der Waals surface area contributed by atoms with Crippen molar-refractivity contribution < 1.29 is 23.6 Å². The molecule has 0 spiro atoms. The third kappa shape index (κ3) is 4.85. The van der Waals surface area contributed by atoms with Gasteiger partial charge >= 0.3 is 13.1 Å². The number of methoxy groups -OCH3 is 2. The Labute approximate surface area is 140 Å². The van der Waals surface area contributed by atoms with Gasteiger partial charge in [0.05, 0.1) is 25.4 Å². The molecule has 23 heavy (non-hydrogen) atoms. The Bertz CT molecular complexity index is 463. The first kappa shape index (κ1) is 19.8. The van der Waals surface area contributed by atoms with E-state index in [1.165, 1.54) is 7.11 Å². The molecule has 130 valence electrons. The Morgan fingerprint density at radius 1 is 1.04 bits per heavy atom. The minimum atomic E-state index is -0.518. The summed E-state index contributed by atoms with van der Waals surface area (Å²) in [7, 11) is 2.50. The average molecular weight is 324 g/mol. The van der Waals surface area contributed by atoms with Gasteiger partial charge in [-0.15, -0.1) is 0 Å². The molecule has 1 saturated heterocycles. The Balaban J connectivity index is 3.03. The molecule has 1 heterocycles. The fourth-order valence-electron chi connectivity index (χ4n) is 2.24. The molecule has 0 aromatic carbocycles. The minimum absolute atomic E-state index is 0.243. The third-order valence-electron chi connectivity index (χ3n) is 4.34. The van der Waals surface area contributed by atoms with Gasteiger partial charge in [0, 0.05) is 11.9 Å². The topological polar surface area (TPSA) is 54.0 Å². The second-order valence-electron chi connectivity index (χ2n) is 6.54. The number of esters is 1. The van der Waals surface area contributed by atoms with Gasteiger partial charge < -0.3 is 18.8 Å². The predicted molar refractivity (Wildman–Crippen MR) is 90.8 cm³/mol. The molecule has 0 saturated carbocycles. The standard InChI is InChI=1S/C17H29BO5/c1-8-10-14(20-6)13(11-9-12-15(19)21-7)18-22-16(2,3)17(4,5)23-18/h10-11H,8-9,12H2,1-7H3/b13-11+,14-10+. The molecule has 1 fully saturated rings. The lowest BCUT2D eigenvalue weighted by molar-refractivity contribution is -0.140. The lowest BCUT2D eigenvalue weighted by Crippen LogP contribution is -2.41. The van der Waals surface area contributed by atoms with Crippen molar-refractivity contribution in [3.63, 3.8) is 0 Å². The van der Waals surface area contributed by atoms with E-state index in [2.05, 4.69) is 4.74 Å². The second-order valence-corrected chi connectivity index (χ2v) is 6.54. The molecular weight excluding hydrogens is 295 g/mol. The molecular formula is C17H29BO5. The first-order valence-corrected chi connectivity index (χ1v) is 8.05. The van der Waals surface area contributed by atoms with Crippen molar-refractivity contribution in [2.45, 2.75) is 65.1 Å². The Hall–Kier alpha value is -1.27. The summed E-state index contributed by atoms with van der Waals surface area (Å²) in [5, 5.41) is 0. The maximum Gasteiger partial charge on any atom is 0.498 e. The molecule has 0 amide bonds. The predicted octanol–water partition coefficient (Wildman–Crippen LogP) is 3.44. The summed E-state index contributed by atoms with van der Waals surface area (Å²) in [4.78, 5) is 11.3. The SMILES string of the molecule is CC/C=C(OC)\C(=C/CCC(=O)OC)B1OC(C)(C)C(C)(C)O1. The van der Waals surface area contributed by atoms with E-state index in [4.69, 9.17) is 14.0 Å². The molecule has 5 nitrogen and oxygen atoms in total. The summed E-state index contributed by atoms with van der Waals surface area (Å²) in [6, 6.07) is 0. The number of hydrogen-bond acceptors (Lipinski definition) is 5. The van der Waals surface area contributed by atoms with Crippen LogP contribution in [0, 0.1) is 0 Å². The quantitative estimate of drug-likeness (QED) is 0.311. The van der Waals surface area contributed by atoms with Crippen LogP contribution in [0.25, 0.3) is 0 Å². The van der Waals surface area contributed by atoms with Crippen LogP contribution < -0.4 is 0 Å². The summed E-state index contributed by atoms with van der Waals surface area (Å²) in [5.74, 6) is 0.476. The smallest absolute Gasteiger partial charge is 0.497 e. The van der Waals surface area contributed by atoms with E-state index in [1.807, 2.05) is 46.8 Å². The fraction of sp³-hybridized carbons (Fsp3) is 0.706. The Morgan fingerprint density at radius 3 is 2.04 bits per heavy atom. The van der Waals surface area contributed by atoms with Gasteiger partial charge in [-0.05, 0) is 46.6 Å². The van der Waals surface area contributed by atoms with Crippen LogP contribution in [-0.4, -0.2) is 38.5 Å². The van der Waals surface area contributed by atoms with E-state index in [0.29, 0.717) is 12.8 Å². The van der Waals surface area contributed by atoms with E-state index in [-0.39, 0.29) is 5.97 Å². The highest BCUT2D eigenvalue weighted by atomic mass is 16.7. The zero-order valence-corrected chi connectivity index (χ0v) is 15.4. The molecule has 0 radical (unpaired) electrons. The molecule has 0 aromatic heterocycles. The van der Waals surface area contributed by atoms with Crippen molar-refractivity contribution >= 4 is 13.1 Å². The van der Waals surface area contributed by atoms with Crippen LogP contribution in [0.15, 0.2) is 23.4 Å². The van der Waals surface area contributed by atoms with Crippen LogP contribution in [-0.2, 0) is 23.6 Å². The molecule has 6 heteroatoms. The summed E-state index contributed by atoms with van der Waals surface area (Å²) in [6.07, 6.45) is 5.59. The first-order valence-electron chi connectivity index (χ1n) is 8.05. The van der Waals surface area contributed by atoms with E-state index >= 15 is 0 Å². The van der Waals surface area contributed by atoms with Crippen LogP contribution >= 0.6 is 0 Å². The van der Waals surface area contributed by atoms with Crippen molar-refractivity contribution in [2.24, 2.45) is 0 Å². The zero-order chi connectivity index (χ0) is 17.7. The number of carbonyl (C=O) groups is 1.